The molecule has 0 bridgehead atoms. The van der Waals surface area contributed by atoms with Crippen LogP contribution in [0.25, 0.3) is 0 Å². The van der Waals surface area contributed by atoms with Crippen LogP contribution in [0.15, 0.2) is 35.4 Å². The summed E-state index contributed by atoms with van der Waals surface area (Å²) in [6, 6.07) is 6.78. The van der Waals surface area contributed by atoms with Crippen LogP contribution in [0.1, 0.15) is 23.2 Å². The van der Waals surface area contributed by atoms with Crippen LogP contribution in [0, 0.1) is 0 Å². The van der Waals surface area contributed by atoms with Gasteiger partial charge in [0.2, 0.25) is 0 Å². The molecule has 2 amide bonds. The number of hydrogen-bond acceptors (Lipinski definition) is 5. The minimum atomic E-state index is -0.280. The van der Waals surface area contributed by atoms with Gasteiger partial charge in [-0.2, -0.15) is 0 Å². The Labute approximate surface area is 145 Å². The van der Waals surface area contributed by atoms with E-state index >= 15 is 0 Å². The average Bonchev–Trinajstić information content (AvgIpc) is 3.14. The normalized spacial score (nSPS) is 20.0. The fourth-order valence-electron chi connectivity index (χ4n) is 2.50. The Morgan fingerprint density at radius 3 is 2.67 bits per heavy atom. The second kappa shape index (κ2) is 8.21. The zero-order valence-corrected chi connectivity index (χ0v) is 14.1. The first-order valence-corrected chi connectivity index (χ1v) is 9.03. The number of amides is 2. The first kappa shape index (κ1) is 16.9. The Bertz CT molecular complexity index is 624. The molecule has 1 aromatic rings. The van der Waals surface area contributed by atoms with E-state index < -0.39 is 0 Å². The second-order valence-corrected chi connectivity index (χ2v) is 6.56. The van der Waals surface area contributed by atoms with Crippen molar-refractivity contribution in [1.29, 1.82) is 0 Å². The lowest BCUT2D eigenvalue weighted by Crippen LogP contribution is -2.31. The highest BCUT2D eigenvalue weighted by atomic mass is 32.2. The molecule has 1 saturated heterocycles. The molecule has 0 aliphatic carbocycles. The van der Waals surface area contributed by atoms with Crippen molar-refractivity contribution in [1.82, 2.24) is 5.32 Å². The maximum Gasteiger partial charge on any atom is 0.291 e. The van der Waals surface area contributed by atoms with Crippen molar-refractivity contribution < 1.29 is 19.1 Å². The van der Waals surface area contributed by atoms with Crippen molar-refractivity contribution in [3.8, 4) is 0 Å². The summed E-state index contributed by atoms with van der Waals surface area (Å²) >= 11 is 1.55. The SMILES string of the molecule is O=C(Nc1ccc(C(=O)NCC2CCCO2)cc1)C1=CSCCO1. The van der Waals surface area contributed by atoms with Crippen LogP contribution in [0.4, 0.5) is 5.69 Å². The van der Waals surface area contributed by atoms with Gasteiger partial charge in [-0.3, -0.25) is 9.59 Å². The smallest absolute Gasteiger partial charge is 0.291 e. The Morgan fingerprint density at radius 1 is 1.17 bits per heavy atom. The van der Waals surface area contributed by atoms with Crippen LogP contribution in [-0.2, 0) is 14.3 Å². The van der Waals surface area contributed by atoms with Gasteiger partial charge in [0.25, 0.3) is 11.8 Å². The third-order valence-corrected chi connectivity index (χ3v) is 4.58. The molecule has 2 N–H and O–H groups in total. The van der Waals surface area contributed by atoms with Crippen molar-refractivity contribution >= 4 is 29.3 Å². The summed E-state index contributed by atoms with van der Waals surface area (Å²) in [5.41, 5.74) is 1.17. The highest BCUT2D eigenvalue weighted by Crippen LogP contribution is 2.17. The minimum Gasteiger partial charge on any atom is -0.487 e. The molecular formula is C17H20N2O4S. The monoisotopic (exact) mass is 348 g/mol. The number of hydrogen-bond donors (Lipinski definition) is 2. The van der Waals surface area contributed by atoms with Gasteiger partial charge in [0.05, 0.1) is 12.7 Å². The summed E-state index contributed by atoms with van der Waals surface area (Å²) in [6.07, 6.45) is 2.16. The molecule has 1 atom stereocenters. The number of ether oxygens (including phenoxy) is 2. The fourth-order valence-corrected chi connectivity index (χ4v) is 3.12. The summed E-state index contributed by atoms with van der Waals surface area (Å²) in [7, 11) is 0. The Hall–Kier alpha value is -1.99. The number of thioether (sulfide) groups is 1. The van der Waals surface area contributed by atoms with Crippen molar-refractivity contribution in [3.05, 3.63) is 41.0 Å². The summed E-state index contributed by atoms with van der Waals surface area (Å²) in [5.74, 6) is 0.757. The zero-order chi connectivity index (χ0) is 16.8. The van der Waals surface area contributed by atoms with E-state index in [1.54, 1.807) is 41.4 Å². The molecule has 0 saturated carbocycles. The van der Waals surface area contributed by atoms with Crippen LogP contribution in [0.3, 0.4) is 0 Å². The van der Waals surface area contributed by atoms with Gasteiger partial charge in [-0.25, -0.2) is 0 Å². The predicted molar refractivity (Wildman–Crippen MR) is 92.9 cm³/mol. The van der Waals surface area contributed by atoms with E-state index in [9.17, 15) is 9.59 Å². The largest absolute Gasteiger partial charge is 0.487 e. The maximum absolute atomic E-state index is 12.1. The number of benzene rings is 1. The number of nitrogens with one attached hydrogen (secondary N) is 2. The van der Waals surface area contributed by atoms with Gasteiger partial charge in [0, 0.05) is 35.6 Å². The van der Waals surface area contributed by atoms with Gasteiger partial charge in [0.15, 0.2) is 5.76 Å². The summed E-state index contributed by atoms with van der Waals surface area (Å²) in [5, 5.41) is 7.34. The highest BCUT2D eigenvalue weighted by Gasteiger charge is 2.17. The molecule has 0 radical (unpaired) electrons. The summed E-state index contributed by atoms with van der Waals surface area (Å²) in [6.45, 7) is 1.84. The van der Waals surface area contributed by atoms with E-state index in [4.69, 9.17) is 9.47 Å². The highest BCUT2D eigenvalue weighted by molar-refractivity contribution is 8.02. The maximum atomic E-state index is 12.1. The molecule has 1 fully saturated rings. The lowest BCUT2D eigenvalue weighted by molar-refractivity contribution is -0.116. The molecule has 6 nitrogen and oxygen atoms in total. The summed E-state index contributed by atoms with van der Waals surface area (Å²) < 4.78 is 10.8. The third-order valence-electron chi connectivity index (χ3n) is 3.79. The van der Waals surface area contributed by atoms with Gasteiger partial charge in [-0.15, -0.1) is 11.8 Å². The average molecular weight is 348 g/mol. The van der Waals surface area contributed by atoms with Crippen LogP contribution in [-0.4, -0.2) is 43.4 Å². The number of carbonyl (C=O) groups is 2. The summed E-state index contributed by atoms with van der Waals surface area (Å²) in [4.78, 5) is 24.1. The van der Waals surface area contributed by atoms with Crippen molar-refractivity contribution in [2.75, 3.05) is 30.8 Å². The van der Waals surface area contributed by atoms with E-state index in [0.717, 1.165) is 25.2 Å². The predicted octanol–water partition coefficient (Wildman–Crippen LogP) is 2.14. The molecule has 3 rings (SSSR count). The molecule has 1 aromatic carbocycles. The van der Waals surface area contributed by atoms with E-state index in [0.29, 0.717) is 30.2 Å². The van der Waals surface area contributed by atoms with E-state index in [2.05, 4.69) is 10.6 Å². The van der Waals surface area contributed by atoms with Crippen LogP contribution in [0.2, 0.25) is 0 Å². The fraction of sp³-hybridized carbons (Fsp3) is 0.412. The Balaban J connectivity index is 1.51. The van der Waals surface area contributed by atoms with Crippen LogP contribution < -0.4 is 10.6 Å². The lowest BCUT2D eigenvalue weighted by atomic mass is 10.2. The second-order valence-electron chi connectivity index (χ2n) is 5.58. The molecule has 1 unspecified atom stereocenters. The molecule has 2 heterocycles. The van der Waals surface area contributed by atoms with E-state index in [1.807, 2.05) is 0 Å². The third kappa shape index (κ3) is 4.52. The Kier molecular flexibility index (Phi) is 5.77. The van der Waals surface area contributed by atoms with Crippen LogP contribution in [0.5, 0.6) is 0 Å². The van der Waals surface area contributed by atoms with Gasteiger partial charge in [-0.1, -0.05) is 0 Å². The van der Waals surface area contributed by atoms with Gasteiger partial charge < -0.3 is 20.1 Å². The number of rotatable bonds is 5. The van der Waals surface area contributed by atoms with Crippen molar-refractivity contribution in [2.45, 2.75) is 18.9 Å². The standard InChI is InChI=1S/C17H20N2O4S/c20-16(18-10-14-2-1-7-22-14)12-3-5-13(6-4-12)19-17(21)15-11-24-9-8-23-15/h3-6,11,14H,1-2,7-10H2,(H,18,20)(H,19,21). The van der Waals surface area contributed by atoms with Gasteiger partial charge in [-0.05, 0) is 37.1 Å². The lowest BCUT2D eigenvalue weighted by Gasteiger charge is -2.14. The van der Waals surface area contributed by atoms with Gasteiger partial charge in [0.1, 0.15) is 0 Å². The minimum absolute atomic E-state index is 0.120. The molecule has 0 aromatic heterocycles. The van der Waals surface area contributed by atoms with E-state index in [1.165, 1.54) is 0 Å². The number of anilines is 1. The molecule has 24 heavy (non-hydrogen) atoms. The van der Waals surface area contributed by atoms with Gasteiger partial charge >= 0.3 is 0 Å². The van der Waals surface area contributed by atoms with E-state index in [-0.39, 0.29) is 17.9 Å². The number of carbonyl (C=O) groups excluding carboxylic acids is 2. The molecule has 2 aliphatic rings. The zero-order valence-electron chi connectivity index (χ0n) is 13.2. The Morgan fingerprint density at radius 2 is 2.00 bits per heavy atom. The van der Waals surface area contributed by atoms with Crippen molar-refractivity contribution in [2.24, 2.45) is 0 Å². The topological polar surface area (TPSA) is 76.7 Å². The van der Waals surface area contributed by atoms with Crippen molar-refractivity contribution in [3.63, 3.8) is 0 Å². The van der Waals surface area contributed by atoms with Crippen LogP contribution >= 0.6 is 11.8 Å². The molecule has 128 valence electrons. The molecule has 0 spiro atoms. The molecular weight excluding hydrogens is 328 g/mol. The quantitative estimate of drug-likeness (QED) is 0.853. The first-order chi connectivity index (χ1) is 11.7. The molecule has 7 heteroatoms. The first-order valence-electron chi connectivity index (χ1n) is 7.98. The molecule has 2 aliphatic heterocycles.